The molecule has 3 rings (SSSR count). The molecule has 0 spiro atoms. The predicted octanol–water partition coefficient (Wildman–Crippen LogP) is 1.45. The summed E-state index contributed by atoms with van der Waals surface area (Å²) in [5.74, 6) is 0.947. The van der Waals surface area contributed by atoms with Crippen LogP contribution in [0.5, 0.6) is 11.5 Å². The lowest BCUT2D eigenvalue weighted by Crippen LogP contribution is -2.26. The van der Waals surface area contributed by atoms with Gasteiger partial charge in [-0.25, -0.2) is 13.1 Å². The Morgan fingerprint density at radius 1 is 1.17 bits per heavy atom. The monoisotopic (exact) mass is 339 g/mol. The van der Waals surface area contributed by atoms with Crippen LogP contribution in [0.15, 0.2) is 46.1 Å². The number of nitrogens with one attached hydrogen (secondary N) is 1. The molecular weight excluding hydrogens is 322 g/mol. The molecule has 23 heavy (non-hydrogen) atoms. The maximum atomic E-state index is 12.3. The van der Waals surface area contributed by atoms with Gasteiger partial charge in [0.05, 0.1) is 23.5 Å². The largest absolute Gasteiger partial charge is 0.486 e. The quantitative estimate of drug-likeness (QED) is 0.827. The minimum absolute atomic E-state index is 0.0968. The Balaban J connectivity index is 1.63. The Labute approximate surface area is 133 Å². The van der Waals surface area contributed by atoms with Crippen molar-refractivity contribution in [3.05, 3.63) is 42.4 Å². The maximum absolute atomic E-state index is 12.3. The molecule has 1 aliphatic heterocycles. The fourth-order valence-corrected chi connectivity index (χ4v) is 3.30. The van der Waals surface area contributed by atoms with Crippen LogP contribution in [0, 0.1) is 0 Å². The normalized spacial score (nSPS) is 15.3. The number of aliphatic hydroxyl groups excluding tert-OH is 1. The van der Waals surface area contributed by atoms with E-state index in [0.717, 1.165) is 0 Å². The average Bonchev–Trinajstić information content (AvgIpc) is 3.08. The smallest absolute Gasteiger partial charge is 0.240 e. The van der Waals surface area contributed by atoms with E-state index in [4.69, 9.17) is 13.9 Å². The van der Waals surface area contributed by atoms with Gasteiger partial charge in [0.25, 0.3) is 0 Å². The fraction of sp³-hybridized carbons (Fsp3) is 0.333. The Morgan fingerprint density at radius 2 is 1.96 bits per heavy atom. The average molecular weight is 339 g/mol. The molecule has 0 radical (unpaired) electrons. The van der Waals surface area contributed by atoms with E-state index in [0.29, 0.717) is 30.3 Å². The zero-order valence-corrected chi connectivity index (χ0v) is 13.1. The molecule has 1 unspecified atom stereocenters. The van der Waals surface area contributed by atoms with Gasteiger partial charge in [0.15, 0.2) is 11.5 Å². The first-order valence-electron chi connectivity index (χ1n) is 7.16. The second-order valence-corrected chi connectivity index (χ2v) is 6.83. The Kier molecular flexibility index (Phi) is 4.56. The predicted molar refractivity (Wildman–Crippen MR) is 80.9 cm³/mol. The van der Waals surface area contributed by atoms with Crippen molar-refractivity contribution >= 4 is 10.0 Å². The standard InChI is InChI=1S/C15H17NO6S/c17-13(11-4-6-20-10-11)3-5-16-23(18,19)12-1-2-14-15(9-12)22-8-7-21-14/h1-2,4,6,9-10,13,16-17H,3,5,7-8H2. The van der Waals surface area contributed by atoms with E-state index in [1.807, 2.05) is 0 Å². The number of sulfonamides is 1. The van der Waals surface area contributed by atoms with Crippen molar-refractivity contribution in [1.82, 2.24) is 4.72 Å². The molecule has 1 aliphatic rings. The molecule has 0 aliphatic carbocycles. The van der Waals surface area contributed by atoms with Crippen molar-refractivity contribution in [2.75, 3.05) is 19.8 Å². The molecule has 0 bridgehead atoms. The summed E-state index contributed by atoms with van der Waals surface area (Å²) in [4.78, 5) is 0.0968. The third kappa shape index (κ3) is 3.66. The SMILES string of the molecule is O=S(=O)(NCCC(O)c1ccoc1)c1ccc2c(c1)OCCO2. The summed E-state index contributed by atoms with van der Waals surface area (Å²) < 4.78 is 42.6. The lowest BCUT2D eigenvalue weighted by Gasteiger charge is -2.19. The van der Waals surface area contributed by atoms with Crippen LogP contribution in [0.1, 0.15) is 18.1 Å². The summed E-state index contributed by atoms with van der Waals surface area (Å²) in [6.07, 6.45) is 2.35. The molecule has 1 aromatic heterocycles. The van der Waals surface area contributed by atoms with Crippen LogP contribution in [0.25, 0.3) is 0 Å². The number of ether oxygens (including phenoxy) is 2. The van der Waals surface area contributed by atoms with Gasteiger partial charge in [0.1, 0.15) is 13.2 Å². The zero-order chi connectivity index (χ0) is 16.3. The summed E-state index contributed by atoms with van der Waals surface area (Å²) in [7, 11) is -3.68. The minimum Gasteiger partial charge on any atom is -0.486 e. The van der Waals surface area contributed by atoms with Crippen LogP contribution in [-0.2, 0) is 10.0 Å². The maximum Gasteiger partial charge on any atom is 0.240 e. The molecule has 124 valence electrons. The van der Waals surface area contributed by atoms with Gasteiger partial charge >= 0.3 is 0 Å². The van der Waals surface area contributed by atoms with Crippen molar-refractivity contribution in [3.8, 4) is 11.5 Å². The third-order valence-electron chi connectivity index (χ3n) is 3.46. The number of hydrogen-bond acceptors (Lipinski definition) is 6. The molecule has 2 N–H and O–H groups in total. The van der Waals surface area contributed by atoms with Gasteiger partial charge < -0.3 is 19.0 Å². The lowest BCUT2D eigenvalue weighted by molar-refractivity contribution is 0.168. The number of aliphatic hydroxyl groups is 1. The highest BCUT2D eigenvalue weighted by molar-refractivity contribution is 7.89. The van der Waals surface area contributed by atoms with Crippen molar-refractivity contribution in [3.63, 3.8) is 0 Å². The van der Waals surface area contributed by atoms with Gasteiger partial charge in [-0.3, -0.25) is 0 Å². The van der Waals surface area contributed by atoms with E-state index in [2.05, 4.69) is 4.72 Å². The Morgan fingerprint density at radius 3 is 2.70 bits per heavy atom. The van der Waals surface area contributed by atoms with E-state index in [-0.39, 0.29) is 17.9 Å². The number of hydrogen-bond donors (Lipinski definition) is 2. The van der Waals surface area contributed by atoms with Gasteiger partial charge in [-0.05, 0) is 24.6 Å². The number of furan rings is 1. The van der Waals surface area contributed by atoms with E-state index >= 15 is 0 Å². The molecule has 0 saturated carbocycles. The molecule has 1 atom stereocenters. The van der Waals surface area contributed by atoms with Crippen molar-refractivity contribution in [2.24, 2.45) is 0 Å². The minimum atomic E-state index is -3.68. The van der Waals surface area contributed by atoms with Crippen LogP contribution in [-0.4, -0.2) is 33.3 Å². The van der Waals surface area contributed by atoms with Crippen molar-refractivity contribution in [1.29, 1.82) is 0 Å². The molecular formula is C15H17NO6S. The van der Waals surface area contributed by atoms with Crippen LogP contribution in [0.4, 0.5) is 0 Å². The van der Waals surface area contributed by atoms with Gasteiger partial charge in [0.2, 0.25) is 10.0 Å². The summed E-state index contributed by atoms with van der Waals surface area (Å²) in [6.45, 7) is 0.938. The highest BCUT2D eigenvalue weighted by Crippen LogP contribution is 2.32. The molecule has 0 fully saturated rings. The summed E-state index contributed by atoms with van der Waals surface area (Å²) in [6, 6.07) is 6.11. The fourth-order valence-electron chi connectivity index (χ4n) is 2.24. The van der Waals surface area contributed by atoms with E-state index in [9.17, 15) is 13.5 Å². The van der Waals surface area contributed by atoms with E-state index in [1.165, 1.54) is 24.7 Å². The zero-order valence-electron chi connectivity index (χ0n) is 12.3. The van der Waals surface area contributed by atoms with Crippen LogP contribution in [0.3, 0.4) is 0 Å². The Hall–Kier alpha value is -2.03. The van der Waals surface area contributed by atoms with Crippen LogP contribution < -0.4 is 14.2 Å². The van der Waals surface area contributed by atoms with Crippen LogP contribution >= 0.6 is 0 Å². The molecule has 2 aromatic rings. The van der Waals surface area contributed by atoms with Gasteiger partial charge in [-0.2, -0.15) is 0 Å². The second kappa shape index (κ2) is 6.61. The topological polar surface area (TPSA) is 98.0 Å². The van der Waals surface area contributed by atoms with Gasteiger partial charge in [0, 0.05) is 18.2 Å². The summed E-state index contributed by atoms with van der Waals surface area (Å²) >= 11 is 0. The first-order chi connectivity index (χ1) is 11.1. The second-order valence-electron chi connectivity index (χ2n) is 5.06. The highest BCUT2D eigenvalue weighted by Gasteiger charge is 2.19. The number of rotatable bonds is 6. The van der Waals surface area contributed by atoms with Crippen molar-refractivity contribution in [2.45, 2.75) is 17.4 Å². The molecule has 7 nitrogen and oxygen atoms in total. The lowest BCUT2D eigenvalue weighted by atomic mass is 10.1. The van der Waals surface area contributed by atoms with Gasteiger partial charge in [-0.1, -0.05) is 0 Å². The van der Waals surface area contributed by atoms with E-state index in [1.54, 1.807) is 12.1 Å². The Bertz CT molecular complexity index is 756. The molecule has 2 heterocycles. The molecule has 0 amide bonds. The van der Waals surface area contributed by atoms with Gasteiger partial charge in [-0.15, -0.1) is 0 Å². The first kappa shape index (κ1) is 15.9. The molecule has 0 saturated heterocycles. The molecule has 8 heteroatoms. The number of benzene rings is 1. The van der Waals surface area contributed by atoms with Crippen molar-refractivity contribution < 1.29 is 27.4 Å². The summed E-state index contributed by atoms with van der Waals surface area (Å²) in [5, 5.41) is 9.90. The first-order valence-corrected chi connectivity index (χ1v) is 8.64. The van der Waals surface area contributed by atoms with E-state index < -0.39 is 16.1 Å². The number of fused-ring (bicyclic) bond motifs is 1. The third-order valence-corrected chi connectivity index (χ3v) is 4.92. The van der Waals surface area contributed by atoms with Crippen LogP contribution in [0.2, 0.25) is 0 Å². The summed E-state index contributed by atoms with van der Waals surface area (Å²) in [5.41, 5.74) is 0.614. The molecule has 1 aromatic carbocycles. The highest BCUT2D eigenvalue weighted by atomic mass is 32.2.